The minimum atomic E-state index is -2.87. The summed E-state index contributed by atoms with van der Waals surface area (Å²) in [7, 11) is 1.27. The average Bonchev–Trinajstić information content (AvgIpc) is 2.16. The number of rotatable bonds is 2. The highest BCUT2D eigenvalue weighted by atomic mass is 79.9. The molecule has 0 aromatic carbocycles. The Kier molecular flexibility index (Phi) is 1.21. The van der Waals surface area contributed by atoms with Crippen LogP contribution in [0.2, 0.25) is 0 Å². The normalized spacial score (nSPS) is 19.2. The van der Waals surface area contributed by atoms with Crippen molar-refractivity contribution in [2.75, 3.05) is 26.0 Å². The summed E-state index contributed by atoms with van der Waals surface area (Å²) < 4.78 is 45.2. The second kappa shape index (κ2) is 3.71. The Morgan fingerprint density at radius 1 is 1.75 bits per heavy atom. The van der Waals surface area contributed by atoms with Crippen LogP contribution in [0.25, 0.3) is 0 Å². The summed E-state index contributed by atoms with van der Waals surface area (Å²) in [5.74, 6) is -0.333. The van der Waals surface area contributed by atoms with E-state index in [1.54, 1.807) is 0 Å². The molecule has 0 fully saturated rings. The predicted molar refractivity (Wildman–Crippen MR) is 49.0 cm³/mol. The largest absolute Gasteiger partial charge is 0.430 e. The SMILES string of the molecule is [2H]C([2H])([2H])N(c1ncc(Br)c[n+]1OC)C([2H])([2H])[2H]. The Balaban J connectivity index is 3.39. The minimum absolute atomic E-state index is 0.246. The van der Waals surface area contributed by atoms with Crippen molar-refractivity contribution < 1.29 is 17.8 Å². The molecule has 66 valence electrons. The van der Waals surface area contributed by atoms with Crippen LogP contribution in [0, 0.1) is 0 Å². The molecular weight excluding hydrogens is 222 g/mol. The molecule has 12 heavy (non-hydrogen) atoms. The molecular formula is C7H11BrN3O+. The standard InChI is InChI=1S/C7H11BrN3O/c1-10(2)7-9-4-6(8)5-11(7)12-3/h4-5H,1-3H3/q+1/i1D3,2D3. The van der Waals surface area contributed by atoms with Gasteiger partial charge in [-0.2, -0.15) is 0 Å². The number of hydrogen-bond donors (Lipinski definition) is 0. The van der Waals surface area contributed by atoms with E-state index >= 15 is 0 Å². The smallest absolute Gasteiger partial charge is 0.360 e. The molecule has 0 radical (unpaired) electrons. The van der Waals surface area contributed by atoms with E-state index in [0.717, 1.165) is 4.73 Å². The molecule has 1 rings (SSSR count). The Labute approximate surface area is 88.3 Å². The lowest BCUT2D eigenvalue weighted by Crippen LogP contribution is -2.45. The quantitative estimate of drug-likeness (QED) is 0.693. The van der Waals surface area contributed by atoms with E-state index in [1.165, 1.54) is 19.5 Å². The van der Waals surface area contributed by atoms with Gasteiger partial charge < -0.3 is 4.84 Å². The van der Waals surface area contributed by atoms with Gasteiger partial charge in [-0.15, -0.1) is 0 Å². The average molecular weight is 239 g/mol. The molecule has 4 nitrogen and oxygen atoms in total. The van der Waals surface area contributed by atoms with Crippen molar-refractivity contribution in [1.29, 1.82) is 0 Å². The first-order valence-corrected chi connectivity index (χ1v) is 3.78. The van der Waals surface area contributed by atoms with Crippen LogP contribution in [0.4, 0.5) is 5.95 Å². The number of hydrogen-bond acceptors (Lipinski definition) is 3. The molecule has 1 heterocycles. The van der Waals surface area contributed by atoms with E-state index in [4.69, 9.17) is 13.1 Å². The third kappa shape index (κ3) is 1.85. The van der Waals surface area contributed by atoms with E-state index < -0.39 is 14.0 Å². The molecule has 0 aliphatic heterocycles. The zero-order valence-corrected chi connectivity index (χ0v) is 7.87. The molecule has 0 unspecified atom stereocenters. The van der Waals surface area contributed by atoms with Crippen LogP contribution in [0.5, 0.6) is 0 Å². The second-order valence-corrected chi connectivity index (χ2v) is 2.83. The van der Waals surface area contributed by atoms with Crippen molar-refractivity contribution in [1.82, 2.24) is 4.98 Å². The monoisotopic (exact) mass is 238 g/mol. The van der Waals surface area contributed by atoms with Gasteiger partial charge in [-0.3, -0.25) is 4.90 Å². The van der Waals surface area contributed by atoms with Crippen LogP contribution in [0.1, 0.15) is 8.22 Å². The van der Waals surface area contributed by atoms with Crippen LogP contribution < -0.4 is 14.5 Å². The van der Waals surface area contributed by atoms with Crippen molar-refractivity contribution in [3.63, 3.8) is 0 Å². The fourth-order valence-electron chi connectivity index (χ4n) is 0.670. The zero-order valence-electron chi connectivity index (χ0n) is 12.3. The first kappa shape index (κ1) is 3.91. The van der Waals surface area contributed by atoms with Gasteiger partial charge in [-0.25, -0.2) is 0 Å². The molecule has 0 spiro atoms. The van der Waals surface area contributed by atoms with Crippen LogP contribution >= 0.6 is 15.9 Å². The van der Waals surface area contributed by atoms with Gasteiger partial charge in [0.2, 0.25) is 0 Å². The maximum absolute atomic E-state index is 7.29. The summed E-state index contributed by atoms with van der Waals surface area (Å²) in [5.41, 5.74) is 0. The van der Waals surface area contributed by atoms with E-state index in [2.05, 4.69) is 20.9 Å². The predicted octanol–water partition coefficient (Wildman–Crippen LogP) is 0.256. The summed E-state index contributed by atoms with van der Waals surface area (Å²) in [4.78, 5) is 8.91. The summed E-state index contributed by atoms with van der Waals surface area (Å²) in [6.07, 6.45) is 2.65. The van der Waals surface area contributed by atoms with Crippen LogP contribution in [-0.4, -0.2) is 26.0 Å². The number of aromatic nitrogens is 2. The van der Waals surface area contributed by atoms with E-state index in [-0.39, 0.29) is 10.8 Å². The van der Waals surface area contributed by atoms with Crippen molar-refractivity contribution in [2.24, 2.45) is 0 Å². The second-order valence-electron chi connectivity index (χ2n) is 1.92. The van der Waals surface area contributed by atoms with Crippen molar-refractivity contribution in [3.8, 4) is 0 Å². The Hall–Kier alpha value is -0.840. The number of halogens is 1. The summed E-state index contributed by atoms with van der Waals surface area (Å²) in [6, 6.07) is 0. The highest BCUT2D eigenvalue weighted by molar-refractivity contribution is 9.10. The lowest BCUT2D eigenvalue weighted by atomic mass is 10.6. The van der Waals surface area contributed by atoms with Crippen LogP contribution in [0.3, 0.4) is 0 Å². The summed E-state index contributed by atoms with van der Waals surface area (Å²) >= 11 is 3.12. The summed E-state index contributed by atoms with van der Waals surface area (Å²) in [5, 5.41) is 0. The summed E-state index contributed by atoms with van der Waals surface area (Å²) in [6.45, 7) is -5.74. The first-order chi connectivity index (χ1) is 8.07. The molecule has 0 saturated heterocycles. The molecule has 0 amide bonds. The molecule has 5 heteroatoms. The van der Waals surface area contributed by atoms with Gasteiger partial charge in [0.1, 0.15) is 19.5 Å². The molecule has 0 aliphatic carbocycles. The maximum atomic E-state index is 7.29. The molecule has 1 aromatic heterocycles. The van der Waals surface area contributed by atoms with E-state index in [1.807, 2.05) is 0 Å². The van der Waals surface area contributed by atoms with E-state index in [9.17, 15) is 0 Å². The third-order valence-corrected chi connectivity index (χ3v) is 1.55. The fourth-order valence-corrected chi connectivity index (χ4v) is 0.958. The third-order valence-electron chi connectivity index (χ3n) is 1.14. The highest BCUT2D eigenvalue weighted by Gasteiger charge is 2.14. The van der Waals surface area contributed by atoms with Crippen LogP contribution in [-0.2, 0) is 0 Å². The highest BCUT2D eigenvalue weighted by Crippen LogP contribution is 2.06. The first-order valence-electron chi connectivity index (χ1n) is 5.99. The van der Waals surface area contributed by atoms with E-state index in [0.29, 0.717) is 4.47 Å². The van der Waals surface area contributed by atoms with Gasteiger partial charge in [0.05, 0.1) is 26.6 Å². The van der Waals surface area contributed by atoms with Gasteiger partial charge in [0, 0.05) is 0 Å². The molecule has 0 aliphatic rings. The lowest BCUT2D eigenvalue weighted by Gasteiger charge is -2.06. The van der Waals surface area contributed by atoms with Crippen molar-refractivity contribution >= 4 is 21.9 Å². The van der Waals surface area contributed by atoms with Gasteiger partial charge in [0.15, 0.2) is 0 Å². The van der Waals surface area contributed by atoms with Gasteiger partial charge in [-0.1, -0.05) is 9.71 Å². The topological polar surface area (TPSA) is 29.2 Å². The minimum Gasteiger partial charge on any atom is -0.360 e. The zero-order chi connectivity index (χ0) is 14.1. The Morgan fingerprint density at radius 2 is 2.50 bits per heavy atom. The lowest BCUT2D eigenvalue weighted by molar-refractivity contribution is -0.877. The molecule has 1 aromatic rings. The number of anilines is 1. The Bertz CT molecular complexity index is 420. The van der Waals surface area contributed by atoms with Crippen molar-refractivity contribution in [3.05, 3.63) is 16.9 Å². The van der Waals surface area contributed by atoms with Crippen molar-refractivity contribution in [2.45, 2.75) is 0 Å². The fraction of sp³-hybridized carbons (Fsp3) is 0.429. The number of nitrogens with zero attached hydrogens (tertiary/aromatic N) is 3. The maximum Gasteiger partial charge on any atom is 0.430 e. The van der Waals surface area contributed by atoms with Gasteiger partial charge >= 0.3 is 5.95 Å². The molecule has 0 bridgehead atoms. The van der Waals surface area contributed by atoms with Crippen LogP contribution in [0.15, 0.2) is 16.9 Å². The molecule has 0 saturated carbocycles. The molecule has 0 atom stereocenters. The Morgan fingerprint density at radius 3 is 3.08 bits per heavy atom. The van der Waals surface area contributed by atoms with Gasteiger partial charge in [0.25, 0.3) is 0 Å². The molecule has 0 N–H and O–H groups in total. The van der Waals surface area contributed by atoms with Gasteiger partial charge in [-0.05, 0) is 15.9 Å².